The second kappa shape index (κ2) is 10.3. The first-order chi connectivity index (χ1) is 14.5. The molecule has 1 atom stereocenters. The van der Waals surface area contributed by atoms with Gasteiger partial charge in [0.15, 0.2) is 0 Å². The van der Waals surface area contributed by atoms with Crippen LogP contribution in [0.4, 0.5) is 5.82 Å². The average Bonchev–Trinajstić information content (AvgIpc) is 2.78. The van der Waals surface area contributed by atoms with Crippen molar-refractivity contribution in [3.8, 4) is 0 Å². The summed E-state index contributed by atoms with van der Waals surface area (Å²) in [6.07, 6.45) is 1.46. The molecule has 0 bridgehead atoms. The molecule has 2 heterocycles. The highest BCUT2D eigenvalue weighted by Gasteiger charge is 2.27. The van der Waals surface area contributed by atoms with Crippen LogP contribution in [0.3, 0.4) is 0 Å². The van der Waals surface area contributed by atoms with Crippen molar-refractivity contribution in [3.05, 3.63) is 54.2 Å². The van der Waals surface area contributed by atoms with E-state index in [4.69, 9.17) is 0 Å². The van der Waals surface area contributed by atoms with E-state index in [1.54, 1.807) is 16.4 Å². The lowest BCUT2D eigenvalue weighted by atomic mass is 10.1. The third-order valence-electron chi connectivity index (χ3n) is 5.75. The van der Waals surface area contributed by atoms with Crippen LogP contribution in [-0.4, -0.2) is 80.4 Å². The van der Waals surface area contributed by atoms with Crippen molar-refractivity contribution in [1.29, 1.82) is 0 Å². The SMILES string of the molecule is CCN(CC)C(CNc1ccc(S(=O)(=O)N2CCN(C)CC2)cn1)c1ccccc1. The van der Waals surface area contributed by atoms with E-state index in [-0.39, 0.29) is 10.9 Å². The van der Waals surface area contributed by atoms with Gasteiger partial charge in [-0.3, -0.25) is 4.90 Å². The first-order valence-corrected chi connectivity index (χ1v) is 12.1. The molecule has 0 saturated carbocycles. The molecule has 8 heteroatoms. The zero-order valence-corrected chi connectivity index (χ0v) is 19.0. The summed E-state index contributed by atoms with van der Waals surface area (Å²) in [4.78, 5) is 9.17. The van der Waals surface area contributed by atoms with Crippen molar-refractivity contribution < 1.29 is 8.42 Å². The smallest absolute Gasteiger partial charge is 0.244 e. The second-order valence-electron chi connectivity index (χ2n) is 7.62. The number of piperazine rings is 1. The Morgan fingerprint density at radius 2 is 1.70 bits per heavy atom. The van der Waals surface area contributed by atoms with Crippen molar-refractivity contribution in [2.45, 2.75) is 24.8 Å². The summed E-state index contributed by atoms with van der Waals surface area (Å²) in [6.45, 7) is 9.45. The van der Waals surface area contributed by atoms with Gasteiger partial charge in [-0.05, 0) is 37.8 Å². The van der Waals surface area contributed by atoms with E-state index in [0.29, 0.717) is 25.5 Å². The molecule has 1 aliphatic heterocycles. The van der Waals surface area contributed by atoms with E-state index in [1.807, 2.05) is 13.1 Å². The third kappa shape index (κ3) is 5.37. The molecule has 1 fully saturated rings. The van der Waals surface area contributed by atoms with Gasteiger partial charge in [0.2, 0.25) is 10.0 Å². The van der Waals surface area contributed by atoms with Gasteiger partial charge in [0.25, 0.3) is 0 Å². The number of likely N-dealkylation sites (N-methyl/N-ethyl adjacent to an activating group) is 2. The number of hydrogen-bond donors (Lipinski definition) is 1. The highest BCUT2D eigenvalue weighted by molar-refractivity contribution is 7.89. The molecule has 1 N–H and O–H groups in total. The maximum Gasteiger partial charge on any atom is 0.244 e. The molecule has 0 amide bonds. The maximum absolute atomic E-state index is 12.9. The molecular formula is C22H33N5O2S. The van der Waals surface area contributed by atoms with E-state index in [1.165, 1.54) is 11.8 Å². The molecule has 1 saturated heterocycles. The summed E-state index contributed by atoms with van der Waals surface area (Å²) in [6, 6.07) is 14.1. The first-order valence-electron chi connectivity index (χ1n) is 10.6. The zero-order chi connectivity index (χ0) is 21.6. The molecule has 0 aliphatic carbocycles. The maximum atomic E-state index is 12.9. The van der Waals surface area contributed by atoms with Crippen LogP contribution < -0.4 is 5.32 Å². The minimum atomic E-state index is -3.49. The number of rotatable bonds is 9. The fourth-order valence-corrected chi connectivity index (χ4v) is 5.18. The third-order valence-corrected chi connectivity index (χ3v) is 7.63. The van der Waals surface area contributed by atoms with Gasteiger partial charge in [-0.15, -0.1) is 0 Å². The first kappa shape index (κ1) is 22.7. The second-order valence-corrected chi connectivity index (χ2v) is 9.55. The molecule has 164 valence electrons. The fourth-order valence-electron chi connectivity index (χ4n) is 3.81. The molecular weight excluding hydrogens is 398 g/mol. The number of hydrogen-bond acceptors (Lipinski definition) is 6. The van der Waals surface area contributed by atoms with Crippen LogP contribution in [-0.2, 0) is 10.0 Å². The highest BCUT2D eigenvalue weighted by atomic mass is 32.2. The van der Waals surface area contributed by atoms with Gasteiger partial charge in [0, 0.05) is 38.9 Å². The van der Waals surface area contributed by atoms with Gasteiger partial charge in [0.1, 0.15) is 10.7 Å². The minimum absolute atomic E-state index is 0.219. The molecule has 7 nitrogen and oxygen atoms in total. The monoisotopic (exact) mass is 431 g/mol. The Bertz CT molecular complexity index is 878. The van der Waals surface area contributed by atoms with Crippen molar-refractivity contribution in [3.63, 3.8) is 0 Å². The van der Waals surface area contributed by atoms with Crippen LogP contribution in [0.25, 0.3) is 0 Å². The Labute approximate surface area is 180 Å². The molecule has 0 radical (unpaired) electrons. The van der Waals surface area contributed by atoms with Gasteiger partial charge in [-0.1, -0.05) is 44.2 Å². The van der Waals surface area contributed by atoms with Gasteiger partial charge in [-0.25, -0.2) is 13.4 Å². The Morgan fingerprint density at radius 3 is 2.27 bits per heavy atom. The van der Waals surface area contributed by atoms with Gasteiger partial charge >= 0.3 is 0 Å². The van der Waals surface area contributed by atoms with E-state index in [9.17, 15) is 8.42 Å². The molecule has 0 spiro atoms. The number of nitrogens with zero attached hydrogens (tertiary/aromatic N) is 4. The van der Waals surface area contributed by atoms with Crippen molar-refractivity contribution in [1.82, 2.24) is 19.1 Å². The summed E-state index contributed by atoms with van der Waals surface area (Å²) in [5.74, 6) is 0.681. The van der Waals surface area contributed by atoms with Crippen molar-refractivity contribution >= 4 is 15.8 Å². The summed E-state index contributed by atoms with van der Waals surface area (Å²) >= 11 is 0. The standard InChI is InChI=1S/C22H33N5O2S/c1-4-26(5-2)21(19-9-7-6-8-10-19)18-24-22-12-11-20(17-23-22)30(28,29)27-15-13-25(3)14-16-27/h6-12,17,21H,4-5,13-16,18H2,1-3H3,(H,23,24). The normalized spacial score (nSPS) is 17.2. The largest absolute Gasteiger partial charge is 0.368 e. The van der Waals surface area contributed by atoms with Crippen LogP contribution in [0, 0.1) is 0 Å². The Balaban J connectivity index is 1.68. The van der Waals surface area contributed by atoms with E-state index in [0.717, 1.165) is 26.2 Å². The summed E-state index contributed by atoms with van der Waals surface area (Å²) in [5, 5.41) is 3.39. The summed E-state index contributed by atoms with van der Waals surface area (Å²) in [7, 11) is -1.48. The quantitative estimate of drug-likeness (QED) is 0.658. The number of anilines is 1. The van der Waals surface area contributed by atoms with Gasteiger partial charge < -0.3 is 10.2 Å². The number of aromatic nitrogens is 1. The molecule has 1 aliphatic rings. The molecule has 1 unspecified atom stereocenters. The minimum Gasteiger partial charge on any atom is -0.368 e. The fraction of sp³-hybridized carbons (Fsp3) is 0.500. The number of pyridine rings is 1. The van der Waals surface area contributed by atoms with Gasteiger partial charge in [-0.2, -0.15) is 4.31 Å². The zero-order valence-electron chi connectivity index (χ0n) is 18.2. The van der Waals surface area contributed by atoms with Crippen LogP contribution in [0.15, 0.2) is 53.6 Å². The van der Waals surface area contributed by atoms with Crippen LogP contribution in [0.2, 0.25) is 0 Å². The lowest BCUT2D eigenvalue weighted by Crippen LogP contribution is -2.47. The lowest BCUT2D eigenvalue weighted by molar-refractivity contribution is 0.222. The van der Waals surface area contributed by atoms with E-state index >= 15 is 0 Å². The Morgan fingerprint density at radius 1 is 1.03 bits per heavy atom. The van der Waals surface area contributed by atoms with E-state index < -0.39 is 10.0 Å². The number of benzene rings is 1. The molecule has 1 aromatic heterocycles. The average molecular weight is 432 g/mol. The number of sulfonamides is 1. The Hall–Kier alpha value is -2.00. The topological polar surface area (TPSA) is 68.8 Å². The molecule has 30 heavy (non-hydrogen) atoms. The predicted octanol–water partition coefficient (Wildman–Crippen LogP) is 2.51. The number of nitrogens with one attached hydrogen (secondary N) is 1. The molecule has 2 aromatic rings. The summed E-state index contributed by atoms with van der Waals surface area (Å²) < 4.78 is 27.3. The lowest BCUT2D eigenvalue weighted by Gasteiger charge is -2.31. The molecule has 1 aromatic carbocycles. The van der Waals surface area contributed by atoms with Crippen LogP contribution in [0.5, 0.6) is 0 Å². The predicted molar refractivity (Wildman–Crippen MR) is 121 cm³/mol. The van der Waals surface area contributed by atoms with Gasteiger partial charge in [0.05, 0.1) is 6.04 Å². The highest BCUT2D eigenvalue weighted by Crippen LogP contribution is 2.22. The molecule has 3 rings (SSSR count). The van der Waals surface area contributed by atoms with Crippen LogP contribution in [0.1, 0.15) is 25.5 Å². The van der Waals surface area contributed by atoms with Crippen molar-refractivity contribution in [2.24, 2.45) is 0 Å². The van der Waals surface area contributed by atoms with Crippen molar-refractivity contribution in [2.75, 3.05) is 58.2 Å². The Kier molecular flexibility index (Phi) is 7.82. The van der Waals surface area contributed by atoms with Crippen LogP contribution >= 0.6 is 0 Å². The summed E-state index contributed by atoms with van der Waals surface area (Å²) in [5.41, 5.74) is 1.25. The van der Waals surface area contributed by atoms with E-state index in [2.05, 4.69) is 58.2 Å².